The van der Waals surface area contributed by atoms with Crippen LogP contribution in [0.3, 0.4) is 0 Å². The number of aromatic nitrogens is 7. The quantitative estimate of drug-likeness (QED) is 0.274. The minimum Gasteiger partial charge on any atom is -0.324 e. The number of benzene rings is 1. The molecule has 204 valence electrons. The average Bonchev–Trinajstić information content (AvgIpc) is 3.50. The van der Waals surface area contributed by atoms with Crippen molar-refractivity contribution in [2.75, 3.05) is 0 Å². The largest absolute Gasteiger partial charge is 0.439 e. The lowest BCUT2D eigenvalue weighted by atomic mass is 9.83. The second-order valence-corrected chi connectivity index (χ2v) is 11.6. The molecule has 11 heteroatoms. The molecule has 1 N–H and O–H groups in total. The van der Waals surface area contributed by atoms with Crippen LogP contribution in [0, 0.1) is 17.7 Å². The van der Waals surface area contributed by atoms with Crippen molar-refractivity contribution < 1.29 is 8.91 Å². The van der Waals surface area contributed by atoms with Crippen molar-refractivity contribution in [3.8, 4) is 22.9 Å². The van der Waals surface area contributed by atoms with Gasteiger partial charge in [0.15, 0.2) is 5.65 Å². The first-order valence-corrected chi connectivity index (χ1v) is 14.0. The third-order valence-electron chi connectivity index (χ3n) is 8.38. The van der Waals surface area contributed by atoms with Gasteiger partial charge in [-0.05, 0) is 49.7 Å². The fourth-order valence-corrected chi connectivity index (χ4v) is 6.29. The average molecular weight is 560 g/mol. The summed E-state index contributed by atoms with van der Waals surface area (Å²) in [6.45, 7) is 3.03. The molecule has 0 saturated heterocycles. The molecule has 1 aromatic carbocycles. The second-order valence-electron chi connectivity index (χ2n) is 11.1. The molecule has 0 spiro atoms. The van der Waals surface area contributed by atoms with Gasteiger partial charge in [-0.15, -0.1) is 0 Å². The van der Waals surface area contributed by atoms with Crippen LogP contribution in [0.2, 0.25) is 5.02 Å². The van der Waals surface area contributed by atoms with Gasteiger partial charge in [-0.25, -0.2) is 24.1 Å². The summed E-state index contributed by atoms with van der Waals surface area (Å²) >= 11 is 6.36. The van der Waals surface area contributed by atoms with Gasteiger partial charge in [0.2, 0.25) is 11.6 Å². The Morgan fingerprint density at radius 2 is 1.93 bits per heavy atom. The van der Waals surface area contributed by atoms with E-state index in [-0.39, 0.29) is 17.5 Å². The number of aromatic amines is 1. The maximum Gasteiger partial charge on any atom is 0.439 e. The maximum atomic E-state index is 15.2. The Morgan fingerprint density at radius 1 is 1.12 bits per heavy atom. The molecule has 0 aliphatic heterocycles. The summed E-state index contributed by atoms with van der Waals surface area (Å²) in [4.78, 5) is 33.2. The van der Waals surface area contributed by atoms with Crippen LogP contribution in [0.15, 0.2) is 52.0 Å². The van der Waals surface area contributed by atoms with E-state index in [1.165, 1.54) is 18.9 Å². The first-order chi connectivity index (χ1) is 19.4. The zero-order chi connectivity index (χ0) is 27.4. The zero-order valence-corrected chi connectivity index (χ0v) is 22.7. The van der Waals surface area contributed by atoms with Crippen LogP contribution in [-0.4, -0.2) is 34.6 Å². The van der Waals surface area contributed by atoms with Gasteiger partial charge in [-0.3, -0.25) is 14.5 Å². The smallest absolute Gasteiger partial charge is 0.324 e. The number of H-pyrrole nitrogens is 1. The number of rotatable bonds is 6. The Bertz CT molecular complexity index is 1780. The molecule has 5 aromatic rings. The van der Waals surface area contributed by atoms with Crippen LogP contribution >= 0.6 is 11.6 Å². The molecule has 2 saturated carbocycles. The lowest BCUT2D eigenvalue weighted by molar-refractivity contribution is 0.264. The van der Waals surface area contributed by atoms with Crippen LogP contribution < -0.4 is 5.76 Å². The van der Waals surface area contributed by atoms with Gasteiger partial charge in [-0.1, -0.05) is 54.7 Å². The predicted molar refractivity (Wildman–Crippen MR) is 147 cm³/mol. The molecular formula is C29H27ClFN7O2. The van der Waals surface area contributed by atoms with E-state index in [4.69, 9.17) is 31.1 Å². The summed E-state index contributed by atoms with van der Waals surface area (Å²) in [5.41, 5.74) is 2.49. The lowest BCUT2D eigenvalue weighted by Gasteiger charge is -2.28. The van der Waals surface area contributed by atoms with E-state index in [0.29, 0.717) is 39.3 Å². The number of hydrogen-bond acceptors (Lipinski definition) is 7. The van der Waals surface area contributed by atoms with Crippen molar-refractivity contribution in [2.45, 2.75) is 57.4 Å². The molecule has 40 heavy (non-hydrogen) atoms. The number of pyridine rings is 1. The normalized spacial score (nSPS) is 20.2. The third-order valence-corrected chi connectivity index (χ3v) is 8.58. The summed E-state index contributed by atoms with van der Waals surface area (Å²) in [5, 5.41) is 4.26. The summed E-state index contributed by atoms with van der Waals surface area (Å²) in [5.74, 6) is 1.24. The van der Waals surface area contributed by atoms with E-state index < -0.39 is 11.2 Å². The molecule has 0 bridgehead atoms. The molecule has 2 fully saturated rings. The van der Waals surface area contributed by atoms with Crippen LogP contribution in [0.5, 0.6) is 0 Å². The molecule has 0 unspecified atom stereocenters. The molecule has 4 heterocycles. The van der Waals surface area contributed by atoms with Gasteiger partial charge in [0.1, 0.15) is 22.9 Å². The fourth-order valence-electron chi connectivity index (χ4n) is 6.11. The topological polar surface area (TPSA) is 115 Å². The highest BCUT2D eigenvalue weighted by Gasteiger charge is 2.51. The number of nitrogens with zero attached hydrogens (tertiary/aromatic N) is 6. The van der Waals surface area contributed by atoms with E-state index >= 15 is 4.39 Å². The second kappa shape index (κ2) is 9.62. The minimum absolute atomic E-state index is 0.0933. The number of imidazole rings is 1. The van der Waals surface area contributed by atoms with Gasteiger partial charge in [0, 0.05) is 30.1 Å². The maximum absolute atomic E-state index is 15.2. The molecule has 4 aromatic heterocycles. The monoisotopic (exact) mass is 559 g/mol. The molecule has 7 rings (SSSR count). The highest BCUT2D eigenvalue weighted by atomic mass is 35.5. The van der Waals surface area contributed by atoms with Gasteiger partial charge >= 0.3 is 5.76 Å². The highest BCUT2D eigenvalue weighted by Crippen LogP contribution is 2.54. The molecule has 0 atom stereocenters. The first kappa shape index (κ1) is 25.1. The Balaban J connectivity index is 1.49. The van der Waals surface area contributed by atoms with Crippen molar-refractivity contribution >= 4 is 22.8 Å². The van der Waals surface area contributed by atoms with E-state index in [0.717, 1.165) is 43.6 Å². The van der Waals surface area contributed by atoms with E-state index in [9.17, 15) is 4.79 Å². The predicted octanol–water partition coefficient (Wildman–Crippen LogP) is 5.93. The molecule has 0 amide bonds. The lowest BCUT2D eigenvalue weighted by Crippen LogP contribution is -2.23. The van der Waals surface area contributed by atoms with Gasteiger partial charge in [0.05, 0.1) is 10.4 Å². The standard InChI is InChI=1S/C29H27ClFN7O2/c1-16-6-8-17(9-7-16)15-38-23-22(18-12-19(30)14-32-13-18)33-25(26-36-28(39)40-37-26)34-24(23)35-27(38)29(10-11-29)20-4-2-3-5-21(20)31/h2-5,12-14,16-17H,6-11,15H2,1H3,(H,36,37,39). The highest BCUT2D eigenvalue weighted by molar-refractivity contribution is 6.30. The first-order valence-electron chi connectivity index (χ1n) is 13.6. The van der Waals surface area contributed by atoms with Crippen molar-refractivity contribution in [2.24, 2.45) is 11.8 Å². The molecular weight excluding hydrogens is 533 g/mol. The fraction of sp³-hybridized carbons (Fsp3) is 0.379. The number of fused-ring (bicyclic) bond motifs is 1. The van der Waals surface area contributed by atoms with Gasteiger partial charge < -0.3 is 4.57 Å². The van der Waals surface area contributed by atoms with E-state index in [1.807, 2.05) is 12.1 Å². The third kappa shape index (κ3) is 4.30. The Hall–Kier alpha value is -3.92. The Labute approximate surface area is 233 Å². The minimum atomic E-state index is -0.709. The van der Waals surface area contributed by atoms with Crippen LogP contribution in [-0.2, 0) is 12.0 Å². The molecule has 0 radical (unpaired) electrons. The zero-order valence-electron chi connectivity index (χ0n) is 21.9. The summed E-state index contributed by atoms with van der Waals surface area (Å²) in [6.07, 6.45) is 9.38. The SMILES string of the molecule is CC1CCC(Cn2c(C3(c4ccccc4F)CC3)nc3nc(-c4noc(=O)[nH]4)nc(-c4cncc(Cl)c4)c32)CC1. The molecule has 2 aliphatic rings. The Morgan fingerprint density at radius 3 is 2.62 bits per heavy atom. The molecule has 2 aliphatic carbocycles. The van der Waals surface area contributed by atoms with Crippen molar-refractivity contribution in [1.82, 2.24) is 34.6 Å². The summed E-state index contributed by atoms with van der Waals surface area (Å²) in [7, 11) is 0. The summed E-state index contributed by atoms with van der Waals surface area (Å²) < 4.78 is 22.2. The van der Waals surface area contributed by atoms with Crippen molar-refractivity contribution in [3.05, 3.63) is 75.5 Å². The van der Waals surface area contributed by atoms with E-state index in [1.54, 1.807) is 24.5 Å². The van der Waals surface area contributed by atoms with Crippen LogP contribution in [0.4, 0.5) is 4.39 Å². The Kier molecular flexibility index (Phi) is 6.03. The summed E-state index contributed by atoms with van der Waals surface area (Å²) in [6, 6.07) is 8.73. The van der Waals surface area contributed by atoms with Crippen molar-refractivity contribution in [1.29, 1.82) is 0 Å². The molecule has 9 nitrogen and oxygen atoms in total. The number of nitrogens with one attached hydrogen (secondary N) is 1. The number of hydrogen-bond donors (Lipinski definition) is 1. The number of halogens is 2. The van der Waals surface area contributed by atoms with Gasteiger partial charge in [0.25, 0.3) is 0 Å². The van der Waals surface area contributed by atoms with E-state index in [2.05, 4.69) is 26.6 Å². The van der Waals surface area contributed by atoms with Crippen LogP contribution in [0.1, 0.15) is 56.8 Å². The van der Waals surface area contributed by atoms with Crippen LogP contribution in [0.25, 0.3) is 34.1 Å². The van der Waals surface area contributed by atoms with Gasteiger partial charge in [-0.2, -0.15) is 0 Å². The van der Waals surface area contributed by atoms with Crippen molar-refractivity contribution in [3.63, 3.8) is 0 Å².